The molecule has 2 aromatic rings. The highest BCUT2D eigenvalue weighted by Crippen LogP contribution is 2.45. The first-order valence-corrected chi connectivity index (χ1v) is 6.77. The fourth-order valence-corrected chi connectivity index (χ4v) is 2.45. The summed E-state index contributed by atoms with van der Waals surface area (Å²) in [5.41, 5.74) is 9.10. The third-order valence-corrected chi connectivity index (χ3v) is 3.45. The van der Waals surface area contributed by atoms with Gasteiger partial charge in [0.05, 0.1) is 21.3 Å². The van der Waals surface area contributed by atoms with Gasteiger partial charge in [0.1, 0.15) is 0 Å². The summed E-state index contributed by atoms with van der Waals surface area (Å²) in [5.74, 6) is 1.86. The number of hydrogen-bond donors (Lipinski definition) is 1. The molecule has 0 spiro atoms. The van der Waals surface area contributed by atoms with Crippen LogP contribution >= 0.6 is 0 Å². The minimum atomic E-state index is -0.0704. The lowest BCUT2D eigenvalue weighted by atomic mass is 9.95. The average Bonchev–Trinajstić information content (AvgIpc) is 2.53. The second kappa shape index (κ2) is 6.50. The van der Waals surface area contributed by atoms with Crippen molar-refractivity contribution in [3.05, 3.63) is 42.0 Å². The van der Waals surface area contributed by atoms with Gasteiger partial charge in [-0.15, -0.1) is 0 Å². The zero-order chi connectivity index (χ0) is 15.4. The van der Waals surface area contributed by atoms with Gasteiger partial charge in [0, 0.05) is 11.6 Å². The summed E-state index contributed by atoms with van der Waals surface area (Å²) in [6, 6.07) is 11.8. The van der Waals surface area contributed by atoms with Crippen molar-refractivity contribution in [2.45, 2.75) is 13.0 Å². The highest BCUT2D eigenvalue weighted by molar-refractivity contribution is 5.78. The van der Waals surface area contributed by atoms with E-state index in [0.717, 1.165) is 16.7 Å². The number of methoxy groups -OCH3 is 3. The molecule has 0 amide bonds. The first-order chi connectivity index (χ1) is 10.1. The molecule has 0 radical (unpaired) electrons. The molecule has 0 aliphatic rings. The summed E-state index contributed by atoms with van der Waals surface area (Å²) in [4.78, 5) is 0. The van der Waals surface area contributed by atoms with E-state index in [2.05, 4.69) is 0 Å². The fraction of sp³-hybridized carbons (Fsp3) is 0.294. The molecule has 4 nitrogen and oxygen atoms in total. The molecule has 0 saturated carbocycles. The Hall–Kier alpha value is -2.20. The van der Waals surface area contributed by atoms with Gasteiger partial charge in [-0.05, 0) is 30.2 Å². The highest BCUT2D eigenvalue weighted by Gasteiger charge is 2.19. The van der Waals surface area contributed by atoms with E-state index in [0.29, 0.717) is 17.2 Å². The molecule has 0 aliphatic carbocycles. The van der Waals surface area contributed by atoms with Gasteiger partial charge in [-0.1, -0.05) is 24.3 Å². The summed E-state index contributed by atoms with van der Waals surface area (Å²) in [5, 5.41) is 0. The van der Waals surface area contributed by atoms with Crippen molar-refractivity contribution >= 4 is 0 Å². The Morgan fingerprint density at radius 3 is 2.05 bits per heavy atom. The third kappa shape index (κ3) is 2.81. The maximum atomic E-state index is 6.07. The molecule has 0 aromatic heterocycles. The van der Waals surface area contributed by atoms with E-state index in [1.54, 1.807) is 21.3 Å². The molecular formula is C17H21NO3. The Bertz CT molecular complexity index is 623. The van der Waals surface area contributed by atoms with Crippen molar-refractivity contribution in [3.8, 4) is 28.4 Å². The molecule has 112 valence electrons. The first kappa shape index (κ1) is 15.2. The number of rotatable bonds is 5. The monoisotopic (exact) mass is 287 g/mol. The van der Waals surface area contributed by atoms with Crippen LogP contribution < -0.4 is 19.9 Å². The van der Waals surface area contributed by atoms with Gasteiger partial charge in [-0.2, -0.15) is 0 Å². The Balaban J connectivity index is 2.70. The van der Waals surface area contributed by atoms with Crippen LogP contribution in [0.1, 0.15) is 18.5 Å². The van der Waals surface area contributed by atoms with Gasteiger partial charge in [-0.3, -0.25) is 0 Å². The third-order valence-electron chi connectivity index (χ3n) is 3.45. The van der Waals surface area contributed by atoms with E-state index in [1.165, 1.54) is 0 Å². The Kier molecular flexibility index (Phi) is 4.70. The normalized spacial score (nSPS) is 11.9. The van der Waals surface area contributed by atoms with Crippen LogP contribution in [0.15, 0.2) is 36.4 Å². The number of nitrogens with two attached hydrogens (primary N) is 1. The molecule has 0 fully saturated rings. The van der Waals surface area contributed by atoms with Crippen molar-refractivity contribution < 1.29 is 14.2 Å². The van der Waals surface area contributed by atoms with Crippen molar-refractivity contribution in [3.63, 3.8) is 0 Å². The second-order valence-corrected chi connectivity index (χ2v) is 4.76. The summed E-state index contributed by atoms with van der Waals surface area (Å²) in [6.07, 6.45) is 0. The molecule has 2 N–H and O–H groups in total. The van der Waals surface area contributed by atoms with Gasteiger partial charge >= 0.3 is 0 Å². The molecule has 1 atom stereocenters. The molecule has 2 aromatic carbocycles. The zero-order valence-electron chi connectivity index (χ0n) is 12.8. The van der Waals surface area contributed by atoms with Crippen LogP contribution in [-0.2, 0) is 0 Å². The Morgan fingerprint density at radius 1 is 0.810 bits per heavy atom. The summed E-state index contributed by atoms with van der Waals surface area (Å²) >= 11 is 0. The van der Waals surface area contributed by atoms with Crippen LogP contribution in [-0.4, -0.2) is 21.3 Å². The lowest BCUT2D eigenvalue weighted by molar-refractivity contribution is 0.325. The van der Waals surface area contributed by atoms with E-state index < -0.39 is 0 Å². The largest absolute Gasteiger partial charge is 0.493 e. The van der Waals surface area contributed by atoms with Gasteiger partial charge in [0.25, 0.3) is 0 Å². The number of benzene rings is 2. The smallest absolute Gasteiger partial charge is 0.203 e. The van der Waals surface area contributed by atoms with E-state index in [4.69, 9.17) is 19.9 Å². The van der Waals surface area contributed by atoms with Crippen LogP contribution in [0.2, 0.25) is 0 Å². The predicted molar refractivity (Wildman–Crippen MR) is 84.1 cm³/mol. The topological polar surface area (TPSA) is 53.7 Å². The molecule has 4 heteroatoms. The molecular weight excluding hydrogens is 266 g/mol. The molecule has 1 unspecified atom stereocenters. The quantitative estimate of drug-likeness (QED) is 0.915. The summed E-state index contributed by atoms with van der Waals surface area (Å²) in [7, 11) is 4.82. The zero-order valence-corrected chi connectivity index (χ0v) is 12.8. The molecule has 0 heterocycles. The maximum absolute atomic E-state index is 6.07. The van der Waals surface area contributed by atoms with Crippen LogP contribution in [0.5, 0.6) is 17.2 Å². The van der Waals surface area contributed by atoms with Gasteiger partial charge in [0.15, 0.2) is 11.5 Å². The van der Waals surface area contributed by atoms with Crippen LogP contribution in [0.25, 0.3) is 11.1 Å². The summed E-state index contributed by atoms with van der Waals surface area (Å²) < 4.78 is 16.3. The molecule has 0 aliphatic heterocycles. The van der Waals surface area contributed by atoms with Gasteiger partial charge in [-0.25, -0.2) is 0 Å². The van der Waals surface area contributed by atoms with E-state index in [-0.39, 0.29) is 6.04 Å². The Morgan fingerprint density at radius 2 is 1.48 bits per heavy atom. The number of ether oxygens (including phenoxy) is 3. The molecule has 0 bridgehead atoms. The van der Waals surface area contributed by atoms with Gasteiger partial charge < -0.3 is 19.9 Å². The maximum Gasteiger partial charge on any atom is 0.203 e. The molecule has 2 rings (SSSR count). The standard InChI is InChI=1S/C17H21NO3/c1-11(18)12-7-5-6-8-13(12)14-9-10-15(19-2)17(21-4)16(14)20-3/h5-11H,18H2,1-4H3. The van der Waals surface area contributed by atoms with Crippen molar-refractivity contribution in [1.82, 2.24) is 0 Å². The first-order valence-electron chi connectivity index (χ1n) is 6.77. The summed E-state index contributed by atoms with van der Waals surface area (Å²) in [6.45, 7) is 1.96. The molecule has 21 heavy (non-hydrogen) atoms. The molecule has 0 saturated heterocycles. The minimum absolute atomic E-state index is 0.0704. The fourth-order valence-electron chi connectivity index (χ4n) is 2.45. The van der Waals surface area contributed by atoms with Gasteiger partial charge in [0.2, 0.25) is 5.75 Å². The number of hydrogen-bond acceptors (Lipinski definition) is 4. The van der Waals surface area contributed by atoms with E-state index in [9.17, 15) is 0 Å². The minimum Gasteiger partial charge on any atom is -0.493 e. The van der Waals surface area contributed by atoms with Crippen molar-refractivity contribution in [2.75, 3.05) is 21.3 Å². The van der Waals surface area contributed by atoms with Crippen LogP contribution in [0, 0.1) is 0 Å². The SMILES string of the molecule is COc1ccc(-c2ccccc2C(C)N)c(OC)c1OC. The average molecular weight is 287 g/mol. The van der Waals surface area contributed by atoms with Crippen LogP contribution in [0.4, 0.5) is 0 Å². The van der Waals surface area contributed by atoms with Crippen molar-refractivity contribution in [2.24, 2.45) is 5.73 Å². The van der Waals surface area contributed by atoms with E-state index in [1.807, 2.05) is 43.3 Å². The lowest BCUT2D eigenvalue weighted by Crippen LogP contribution is -2.07. The lowest BCUT2D eigenvalue weighted by Gasteiger charge is -2.18. The van der Waals surface area contributed by atoms with Crippen molar-refractivity contribution in [1.29, 1.82) is 0 Å². The Labute approximate surface area is 125 Å². The van der Waals surface area contributed by atoms with E-state index >= 15 is 0 Å². The second-order valence-electron chi connectivity index (χ2n) is 4.76. The van der Waals surface area contributed by atoms with Crippen LogP contribution in [0.3, 0.4) is 0 Å². The highest BCUT2D eigenvalue weighted by atomic mass is 16.5. The predicted octanol–water partition coefficient (Wildman–Crippen LogP) is 3.40.